The predicted octanol–water partition coefficient (Wildman–Crippen LogP) is 6.55. The molecule has 0 atom stereocenters. The number of benzene rings is 4. The zero-order valence-electron chi connectivity index (χ0n) is 20.8. The molecule has 5 rings (SSSR count). The summed E-state index contributed by atoms with van der Waals surface area (Å²) in [6.07, 6.45) is 0. The van der Waals surface area contributed by atoms with Gasteiger partial charge in [-0.25, -0.2) is 4.79 Å². The molecule has 5 nitrogen and oxygen atoms in total. The van der Waals surface area contributed by atoms with Gasteiger partial charge in [0, 0.05) is 23.5 Å². The summed E-state index contributed by atoms with van der Waals surface area (Å²) in [6.45, 7) is 5.36. The number of ether oxygens (including phenoxy) is 1. The average Bonchev–Trinajstić information content (AvgIpc) is 3.25. The summed E-state index contributed by atoms with van der Waals surface area (Å²) in [6, 6.07) is 31.3. The summed E-state index contributed by atoms with van der Waals surface area (Å²) in [5.41, 5.74) is 7.86. The van der Waals surface area contributed by atoms with Gasteiger partial charge in [0.05, 0.1) is 19.2 Å². The Morgan fingerprint density at radius 2 is 1.47 bits per heavy atom. The Morgan fingerprint density at radius 1 is 0.833 bits per heavy atom. The molecule has 1 aliphatic heterocycles. The molecule has 0 unspecified atom stereocenters. The van der Waals surface area contributed by atoms with Gasteiger partial charge in [-0.2, -0.15) is 0 Å². The van der Waals surface area contributed by atoms with Crippen LogP contribution in [0, 0.1) is 13.8 Å². The van der Waals surface area contributed by atoms with E-state index in [2.05, 4.69) is 18.3 Å². The zero-order valence-corrected chi connectivity index (χ0v) is 20.8. The monoisotopic (exact) mass is 478 g/mol. The largest absolute Gasteiger partial charge is 0.465 e. The van der Waals surface area contributed by atoms with E-state index in [0.717, 1.165) is 33.6 Å². The maximum atomic E-state index is 12.3. The Hall–Kier alpha value is -4.38. The van der Waals surface area contributed by atoms with Gasteiger partial charge in [0.25, 0.3) is 5.91 Å². The lowest BCUT2D eigenvalue weighted by atomic mass is 10.1. The van der Waals surface area contributed by atoms with Crippen LogP contribution in [0.4, 0.5) is 11.4 Å². The van der Waals surface area contributed by atoms with Gasteiger partial charge in [-0.3, -0.25) is 4.79 Å². The highest BCUT2D eigenvalue weighted by atomic mass is 16.5. The van der Waals surface area contributed by atoms with Gasteiger partial charge < -0.3 is 15.0 Å². The SMILES string of the molecule is COC(=O)c1ccccc1CNc1ccccc1C.Cc1ccccc1N1Cc2ccccc2C1=O. The van der Waals surface area contributed by atoms with Crippen LogP contribution in [0.15, 0.2) is 97.1 Å². The number of anilines is 2. The van der Waals surface area contributed by atoms with Crippen LogP contribution in [-0.4, -0.2) is 19.0 Å². The van der Waals surface area contributed by atoms with Crippen LogP contribution in [0.25, 0.3) is 0 Å². The summed E-state index contributed by atoms with van der Waals surface area (Å²) in [7, 11) is 1.40. The molecule has 1 amide bonds. The summed E-state index contributed by atoms with van der Waals surface area (Å²) in [5, 5.41) is 3.34. The van der Waals surface area contributed by atoms with Gasteiger partial charge in [-0.05, 0) is 60.4 Å². The molecule has 0 fully saturated rings. The number of rotatable bonds is 5. The van der Waals surface area contributed by atoms with Gasteiger partial charge >= 0.3 is 5.97 Å². The molecule has 1 aliphatic rings. The van der Waals surface area contributed by atoms with Crippen molar-refractivity contribution in [2.24, 2.45) is 0 Å². The first-order valence-electron chi connectivity index (χ1n) is 11.9. The minimum absolute atomic E-state index is 0.106. The van der Waals surface area contributed by atoms with Crippen LogP contribution < -0.4 is 10.2 Å². The van der Waals surface area contributed by atoms with Crippen molar-refractivity contribution < 1.29 is 14.3 Å². The second-order valence-electron chi connectivity index (χ2n) is 8.65. The van der Waals surface area contributed by atoms with Gasteiger partial charge in [0.2, 0.25) is 0 Å². The third-order valence-corrected chi connectivity index (χ3v) is 6.26. The van der Waals surface area contributed by atoms with Crippen LogP contribution >= 0.6 is 0 Å². The first-order chi connectivity index (χ1) is 17.5. The normalized spacial score (nSPS) is 11.9. The van der Waals surface area contributed by atoms with E-state index in [4.69, 9.17) is 4.74 Å². The number of esters is 1. The molecule has 5 heteroatoms. The van der Waals surface area contributed by atoms with Crippen LogP contribution in [0.2, 0.25) is 0 Å². The summed E-state index contributed by atoms with van der Waals surface area (Å²) >= 11 is 0. The average molecular weight is 479 g/mol. The van der Waals surface area contributed by atoms with Crippen molar-refractivity contribution in [3.8, 4) is 0 Å². The minimum Gasteiger partial charge on any atom is -0.465 e. The number of fused-ring (bicyclic) bond motifs is 1. The van der Waals surface area contributed by atoms with Crippen LogP contribution in [0.5, 0.6) is 0 Å². The first kappa shape index (κ1) is 24.7. The highest BCUT2D eigenvalue weighted by Crippen LogP contribution is 2.30. The molecular weight excluding hydrogens is 448 g/mol. The second-order valence-corrected chi connectivity index (χ2v) is 8.65. The maximum absolute atomic E-state index is 12.3. The fraction of sp³-hybridized carbons (Fsp3) is 0.161. The molecule has 0 bridgehead atoms. The fourth-order valence-corrected chi connectivity index (χ4v) is 4.26. The van der Waals surface area contributed by atoms with E-state index in [1.807, 2.05) is 96.8 Å². The lowest BCUT2D eigenvalue weighted by Gasteiger charge is -2.17. The van der Waals surface area contributed by atoms with Gasteiger partial charge in [-0.1, -0.05) is 72.8 Å². The molecule has 0 saturated carbocycles. The van der Waals surface area contributed by atoms with E-state index in [0.29, 0.717) is 18.7 Å². The lowest BCUT2D eigenvalue weighted by molar-refractivity contribution is 0.0599. The standard InChI is InChI=1S/C16H17NO2.C15H13NO/c1-12-7-3-6-10-15(12)17-11-13-8-4-5-9-14(13)16(18)19-2;1-11-6-2-5-9-14(11)16-10-12-7-3-4-8-13(12)15(16)17/h3-10,17H,11H2,1-2H3;2-9H,10H2,1H3. The Balaban J connectivity index is 0.000000170. The molecule has 182 valence electrons. The van der Waals surface area contributed by atoms with E-state index in [-0.39, 0.29) is 11.9 Å². The fourth-order valence-electron chi connectivity index (χ4n) is 4.26. The van der Waals surface area contributed by atoms with Crippen molar-refractivity contribution in [1.29, 1.82) is 0 Å². The van der Waals surface area contributed by atoms with Gasteiger partial charge in [0.1, 0.15) is 0 Å². The number of carbonyl (C=O) groups excluding carboxylic acids is 2. The molecule has 0 aromatic heterocycles. The summed E-state index contributed by atoms with van der Waals surface area (Å²) in [4.78, 5) is 25.8. The lowest BCUT2D eigenvalue weighted by Crippen LogP contribution is -2.23. The van der Waals surface area contributed by atoms with E-state index in [1.165, 1.54) is 12.7 Å². The van der Waals surface area contributed by atoms with Gasteiger partial charge in [-0.15, -0.1) is 0 Å². The number of hydrogen-bond donors (Lipinski definition) is 1. The summed E-state index contributed by atoms with van der Waals surface area (Å²) in [5.74, 6) is -0.197. The number of nitrogens with one attached hydrogen (secondary N) is 1. The first-order valence-corrected chi connectivity index (χ1v) is 11.9. The number of para-hydroxylation sites is 2. The Morgan fingerprint density at radius 3 is 2.19 bits per heavy atom. The highest BCUT2D eigenvalue weighted by molar-refractivity contribution is 6.10. The van der Waals surface area contributed by atoms with Crippen LogP contribution in [-0.2, 0) is 17.8 Å². The minimum atomic E-state index is -0.304. The molecule has 0 saturated heterocycles. The van der Waals surface area contributed by atoms with Crippen molar-refractivity contribution >= 4 is 23.3 Å². The molecule has 0 aliphatic carbocycles. The number of amides is 1. The Kier molecular flexibility index (Phi) is 7.81. The summed E-state index contributed by atoms with van der Waals surface area (Å²) < 4.78 is 4.79. The van der Waals surface area contributed by atoms with Crippen molar-refractivity contribution in [1.82, 2.24) is 0 Å². The number of nitrogens with zero attached hydrogens (tertiary/aromatic N) is 1. The predicted molar refractivity (Wildman–Crippen MR) is 144 cm³/mol. The van der Waals surface area contributed by atoms with Crippen LogP contribution in [0.3, 0.4) is 0 Å². The van der Waals surface area contributed by atoms with Crippen molar-refractivity contribution in [2.75, 3.05) is 17.3 Å². The van der Waals surface area contributed by atoms with E-state index in [1.54, 1.807) is 6.07 Å². The maximum Gasteiger partial charge on any atom is 0.338 e. The van der Waals surface area contributed by atoms with Crippen LogP contribution in [0.1, 0.15) is 43.0 Å². The van der Waals surface area contributed by atoms with E-state index >= 15 is 0 Å². The third-order valence-electron chi connectivity index (χ3n) is 6.26. The molecular formula is C31H30N2O3. The van der Waals surface area contributed by atoms with E-state index in [9.17, 15) is 9.59 Å². The third kappa shape index (κ3) is 5.47. The topological polar surface area (TPSA) is 58.6 Å². The number of hydrogen-bond acceptors (Lipinski definition) is 4. The molecule has 1 heterocycles. The number of carbonyl (C=O) groups is 2. The van der Waals surface area contributed by atoms with Crippen molar-refractivity contribution in [3.63, 3.8) is 0 Å². The van der Waals surface area contributed by atoms with Crippen molar-refractivity contribution in [3.05, 3.63) is 130 Å². The van der Waals surface area contributed by atoms with Crippen molar-refractivity contribution in [2.45, 2.75) is 26.9 Å². The Labute approximate surface area is 212 Å². The number of aryl methyl sites for hydroxylation is 2. The zero-order chi connectivity index (χ0) is 25.5. The number of methoxy groups -OCH3 is 1. The second kappa shape index (κ2) is 11.4. The van der Waals surface area contributed by atoms with E-state index < -0.39 is 0 Å². The Bertz CT molecular complexity index is 1380. The quantitative estimate of drug-likeness (QED) is 0.331. The molecule has 0 spiro atoms. The van der Waals surface area contributed by atoms with Gasteiger partial charge in [0.15, 0.2) is 0 Å². The molecule has 0 radical (unpaired) electrons. The smallest absolute Gasteiger partial charge is 0.338 e. The molecule has 4 aromatic carbocycles. The molecule has 1 N–H and O–H groups in total. The molecule has 4 aromatic rings. The highest BCUT2D eigenvalue weighted by Gasteiger charge is 2.28. The molecule has 36 heavy (non-hydrogen) atoms.